The summed E-state index contributed by atoms with van der Waals surface area (Å²) in [6.07, 6.45) is 3.25. The molecule has 0 radical (unpaired) electrons. The summed E-state index contributed by atoms with van der Waals surface area (Å²) in [5, 5.41) is 3.11. The molecule has 3 heterocycles. The van der Waals surface area contributed by atoms with Crippen LogP contribution in [0.5, 0.6) is 0 Å². The van der Waals surface area contributed by atoms with Crippen molar-refractivity contribution in [2.24, 2.45) is 0 Å². The third kappa shape index (κ3) is 2.71. The summed E-state index contributed by atoms with van der Waals surface area (Å²) >= 11 is 6.32. The Labute approximate surface area is 148 Å². The van der Waals surface area contributed by atoms with E-state index in [4.69, 9.17) is 12.2 Å². The number of fused-ring (bicyclic) bond motifs is 1. The first-order chi connectivity index (χ1) is 11.4. The predicted octanol–water partition coefficient (Wildman–Crippen LogP) is 2.27. The van der Waals surface area contributed by atoms with Gasteiger partial charge < -0.3 is 5.32 Å². The second-order valence-electron chi connectivity index (χ2n) is 5.34. The lowest BCUT2D eigenvalue weighted by Gasteiger charge is -2.11. The van der Waals surface area contributed by atoms with Crippen molar-refractivity contribution in [1.82, 2.24) is 14.3 Å². The number of aryl methyl sites for hydroxylation is 1. The number of nitrogens with one attached hydrogen (secondary N) is 1. The average Bonchev–Trinajstić information content (AvgIpc) is 2.79. The smallest absolute Gasteiger partial charge is 0.267 e. The van der Waals surface area contributed by atoms with Gasteiger partial charge in [0.25, 0.3) is 11.5 Å². The number of rotatable bonds is 3. The SMILES string of the molecule is CCNc1nc2c(C)cccn2c(=O)c1/C=C1/SC(=S)N(C)C1=O. The Morgan fingerprint density at radius 1 is 1.42 bits per heavy atom. The van der Waals surface area contributed by atoms with E-state index in [0.29, 0.717) is 32.8 Å². The summed E-state index contributed by atoms with van der Waals surface area (Å²) in [5.74, 6) is 0.263. The van der Waals surface area contributed by atoms with Crippen molar-refractivity contribution in [3.8, 4) is 0 Å². The van der Waals surface area contributed by atoms with Crippen LogP contribution in [0.4, 0.5) is 5.82 Å². The third-order valence-corrected chi connectivity index (χ3v) is 5.18. The summed E-state index contributed by atoms with van der Waals surface area (Å²) in [7, 11) is 1.62. The minimum Gasteiger partial charge on any atom is -0.370 e. The van der Waals surface area contributed by atoms with E-state index in [2.05, 4.69) is 10.3 Å². The molecular formula is C16H16N4O2S2. The van der Waals surface area contributed by atoms with Crippen LogP contribution in [-0.2, 0) is 4.79 Å². The molecule has 8 heteroatoms. The Kier molecular flexibility index (Phi) is 4.42. The molecule has 2 aromatic heterocycles. The summed E-state index contributed by atoms with van der Waals surface area (Å²) in [4.78, 5) is 31.5. The van der Waals surface area contributed by atoms with Crippen molar-refractivity contribution in [3.63, 3.8) is 0 Å². The van der Waals surface area contributed by atoms with Crippen LogP contribution in [0.1, 0.15) is 18.1 Å². The summed E-state index contributed by atoms with van der Waals surface area (Å²) in [6, 6.07) is 3.70. The molecule has 1 saturated heterocycles. The van der Waals surface area contributed by atoms with E-state index in [-0.39, 0.29) is 11.5 Å². The molecule has 6 nitrogen and oxygen atoms in total. The highest BCUT2D eigenvalue weighted by atomic mass is 32.2. The van der Waals surface area contributed by atoms with E-state index in [1.807, 2.05) is 19.9 Å². The fraction of sp³-hybridized carbons (Fsp3) is 0.250. The van der Waals surface area contributed by atoms with Crippen LogP contribution in [0.3, 0.4) is 0 Å². The molecule has 24 heavy (non-hydrogen) atoms. The van der Waals surface area contributed by atoms with Gasteiger partial charge in [0.05, 0.1) is 10.5 Å². The molecule has 2 aromatic rings. The van der Waals surface area contributed by atoms with Crippen LogP contribution in [0.25, 0.3) is 11.7 Å². The number of carbonyl (C=O) groups excluding carboxylic acids is 1. The van der Waals surface area contributed by atoms with Gasteiger partial charge in [0, 0.05) is 19.8 Å². The van der Waals surface area contributed by atoms with E-state index < -0.39 is 0 Å². The number of likely N-dealkylation sites (N-methyl/N-ethyl adjacent to an activating group) is 1. The van der Waals surface area contributed by atoms with Gasteiger partial charge in [-0.2, -0.15) is 0 Å². The van der Waals surface area contributed by atoms with Crippen molar-refractivity contribution in [1.29, 1.82) is 0 Å². The maximum atomic E-state index is 12.9. The van der Waals surface area contributed by atoms with Gasteiger partial charge in [0.15, 0.2) is 0 Å². The van der Waals surface area contributed by atoms with Gasteiger partial charge in [-0.25, -0.2) is 4.98 Å². The van der Waals surface area contributed by atoms with Gasteiger partial charge in [0.1, 0.15) is 15.8 Å². The van der Waals surface area contributed by atoms with Gasteiger partial charge in [-0.05, 0) is 31.6 Å². The van der Waals surface area contributed by atoms with Crippen molar-refractivity contribution in [2.75, 3.05) is 18.9 Å². The lowest BCUT2D eigenvalue weighted by atomic mass is 10.2. The minimum atomic E-state index is -0.221. The molecule has 0 saturated carbocycles. The lowest BCUT2D eigenvalue weighted by Crippen LogP contribution is -2.23. The molecule has 3 rings (SSSR count). The molecular weight excluding hydrogens is 344 g/mol. The number of carbonyl (C=O) groups is 1. The number of thioether (sulfide) groups is 1. The molecule has 1 N–H and O–H groups in total. The summed E-state index contributed by atoms with van der Waals surface area (Å²) in [5.41, 5.74) is 1.63. The normalized spacial score (nSPS) is 16.5. The molecule has 0 aliphatic carbocycles. The Balaban J connectivity index is 2.25. The fourth-order valence-electron chi connectivity index (χ4n) is 2.42. The standard InChI is InChI=1S/C16H16N4O2S2/c1-4-17-12-10(8-11-15(22)19(3)16(23)24-11)14(21)20-7-5-6-9(2)13(20)18-12/h5-8,17H,4H2,1-3H3/b11-8+. The summed E-state index contributed by atoms with van der Waals surface area (Å²) < 4.78 is 1.97. The first kappa shape index (κ1) is 16.7. The number of pyridine rings is 1. The maximum absolute atomic E-state index is 12.9. The molecule has 1 aliphatic rings. The molecule has 0 bridgehead atoms. The van der Waals surface area contributed by atoms with E-state index >= 15 is 0 Å². The van der Waals surface area contributed by atoms with Crippen LogP contribution >= 0.6 is 24.0 Å². The largest absolute Gasteiger partial charge is 0.370 e. The average molecular weight is 360 g/mol. The number of amides is 1. The number of hydrogen-bond donors (Lipinski definition) is 1. The number of hydrogen-bond acceptors (Lipinski definition) is 6. The molecule has 124 valence electrons. The van der Waals surface area contributed by atoms with Crippen molar-refractivity contribution in [3.05, 3.63) is 44.7 Å². The molecule has 1 amide bonds. The lowest BCUT2D eigenvalue weighted by molar-refractivity contribution is -0.121. The topological polar surface area (TPSA) is 66.7 Å². The fourth-order valence-corrected chi connectivity index (χ4v) is 3.58. The molecule has 0 aromatic carbocycles. The van der Waals surface area contributed by atoms with Crippen LogP contribution in [0.2, 0.25) is 0 Å². The first-order valence-corrected chi connectivity index (χ1v) is 8.64. The quantitative estimate of drug-likeness (QED) is 0.669. The highest BCUT2D eigenvalue weighted by molar-refractivity contribution is 8.26. The van der Waals surface area contributed by atoms with Gasteiger partial charge in [-0.15, -0.1) is 0 Å². The third-order valence-electron chi connectivity index (χ3n) is 3.69. The van der Waals surface area contributed by atoms with Crippen LogP contribution in [0.15, 0.2) is 28.0 Å². The van der Waals surface area contributed by atoms with Gasteiger partial charge in [-0.3, -0.25) is 18.9 Å². The molecule has 1 aliphatic heterocycles. The number of aromatic nitrogens is 2. The Bertz CT molecular complexity index is 949. The zero-order valence-electron chi connectivity index (χ0n) is 13.5. The van der Waals surface area contributed by atoms with Gasteiger partial charge in [0.2, 0.25) is 0 Å². The zero-order valence-corrected chi connectivity index (χ0v) is 15.1. The number of nitrogens with zero attached hydrogens (tertiary/aromatic N) is 3. The van der Waals surface area contributed by atoms with E-state index in [1.54, 1.807) is 25.4 Å². The second kappa shape index (κ2) is 6.37. The minimum absolute atomic E-state index is 0.207. The van der Waals surface area contributed by atoms with E-state index in [0.717, 1.165) is 5.56 Å². The Morgan fingerprint density at radius 2 is 2.17 bits per heavy atom. The maximum Gasteiger partial charge on any atom is 0.267 e. The van der Waals surface area contributed by atoms with Crippen LogP contribution < -0.4 is 10.9 Å². The van der Waals surface area contributed by atoms with E-state index in [1.165, 1.54) is 21.1 Å². The predicted molar refractivity (Wildman–Crippen MR) is 101 cm³/mol. The van der Waals surface area contributed by atoms with Gasteiger partial charge in [-0.1, -0.05) is 30.0 Å². The molecule has 1 fully saturated rings. The van der Waals surface area contributed by atoms with Crippen molar-refractivity contribution >= 4 is 51.7 Å². The van der Waals surface area contributed by atoms with Crippen LogP contribution in [-0.4, -0.2) is 38.1 Å². The monoisotopic (exact) mass is 360 g/mol. The highest BCUT2D eigenvalue weighted by Gasteiger charge is 2.29. The van der Waals surface area contributed by atoms with Gasteiger partial charge >= 0.3 is 0 Å². The second-order valence-corrected chi connectivity index (χ2v) is 7.01. The molecule has 0 atom stereocenters. The molecule has 0 spiro atoms. The Morgan fingerprint density at radius 3 is 2.79 bits per heavy atom. The molecule has 0 unspecified atom stereocenters. The van der Waals surface area contributed by atoms with E-state index in [9.17, 15) is 9.59 Å². The zero-order chi connectivity index (χ0) is 17.4. The van der Waals surface area contributed by atoms with Crippen molar-refractivity contribution in [2.45, 2.75) is 13.8 Å². The number of anilines is 1. The Hall–Kier alpha value is -2.19. The number of thiocarbonyl (C=S) groups is 1. The first-order valence-electron chi connectivity index (χ1n) is 7.41. The summed E-state index contributed by atoms with van der Waals surface area (Å²) in [6.45, 7) is 4.44. The van der Waals surface area contributed by atoms with Crippen LogP contribution in [0, 0.1) is 6.92 Å². The van der Waals surface area contributed by atoms with Crippen molar-refractivity contribution < 1.29 is 4.79 Å². The highest BCUT2D eigenvalue weighted by Crippen LogP contribution is 2.31.